The monoisotopic (exact) mass is 237 g/mol. The Morgan fingerprint density at radius 3 is 2.76 bits per heavy atom. The molecule has 1 aromatic heterocycles. The fourth-order valence-electron chi connectivity index (χ4n) is 1.85. The van der Waals surface area contributed by atoms with E-state index in [0.717, 1.165) is 12.8 Å². The predicted octanol–water partition coefficient (Wildman–Crippen LogP) is 1.56. The van der Waals surface area contributed by atoms with Gasteiger partial charge in [-0.1, -0.05) is 0 Å². The summed E-state index contributed by atoms with van der Waals surface area (Å²) in [7, 11) is 0. The summed E-state index contributed by atoms with van der Waals surface area (Å²) in [5.41, 5.74) is -0.420. The molecule has 0 radical (unpaired) electrons. The van der Waals surface area contributed by atoms with E-state index in [-0.39, 0.29) is 17.8 Å². The van der Waals surface area contributed by atoms with Gasteiger partial charge in [0.1, 0.15) is 12.0 Å². The van der Waals surface area contributed by atoms with Gasteiger partial charge in [0.05, 0.1) is 17.1 Å². The van der Waals surface area contributed by atoms with Gasteiger partial charge in [-0.2, -0.15) is 0 Å². The summed E-state index contributed by atoms with van der Waals surface area (Å²) in [6.45, 7) is 1.96. The van der Waals surface area contributed by atoms with Gasteiger partial charge in [0.15, 0.2) is 0 Å². The molecule has 17 heavy (non-hydrogen) atoms. The van der Waals surface area contributed by atoms with Crippen LogP contribution >= 0.6 is 0 Å². The van der Waals surface area contributed by atoms with Crippen LogP contribution in [0.2, 0.25) is 0 Å². The quantitative estimate of drug-likeness (QED) is 0.599. The summed E-state index contributed by atoms with van der Waals surface area (Å²) >= 11 is 0. The van der Waals surface area contributed by atoms with E-state index in [9.17, 15) is 15.2 Å². The number of aliphatic hydroxyl groups excluding tert-OH is 1. The molecule has 0 aliphatic heterocycles. The second kappa shape index (κ2) is 4.29. The van der Waals surface area contributed by atoms with Crippen LogP contribution in [0.3, 0.4) is 0 Å². The lowest BCUT2D eigenvalue weighted by Crippen LogP contribution is -2.41. The standard InChI is InChI=1S/C11H15N3O3/c1-11(7-15,8-2-3-8)13-10-5-4-9(6-12-10)14(16)17/h4-6,8,15H,2-3,7H2,1H3,(H,12,13). The fraction of sp³-hybridized carbons (Fsp3) is 0.545. The Kier molecular flexibility index (Phi) is 2.97. The SMILES string of the molecule is CC(CO)(Nc1ccc([N+](=O)[O-])cn1)C1CC1. The lowest BCUT2D eigenvalue weighted by molar-refractivity contribution is -0.385. The number of nitrogens with one attached hydrogen (secondary N) is 1. The van der Waals surface area contributed by atoms with Crippen molar-refractivity contribution in [3.63, 3.8) is 0 Å². The van der Waals surface area contributed by atoms with Crippen LogP contribution < -0.4 is 5.32 Å². The summed E-state index contributed by atoms with van der Waals surface area (Å²) in [4.78, 5) is 14.0. The van der Waals surface area contributed by atoms with Gasteiger partial charge >= 0.3 is 0 Å². The molecule has 6 heteroatoms. The number of nitrogens with zero attached hydrogens (tertiary/aromatic N) is 2. The molecular formula is C11H15N3O3. The van der Waals surface area contributed by atoms with Gasteiger partial charge in [-0.3, -0.25) is 10.1 Å². The van der Waals surface area contributed by atoms with Crippen LogP contribution in [0.5, 0.6) is 0 Å². The second-order valence-electron chi connectivity index (χ2n) is 4.63. The molecule has 1 saturated carbocycles. The summed E-state index contributed by atoms with van der Waals surface area (Å²) in [6, 6.07) is 2.97. The van der Waals surface area contributed by atoms with Crippen LogP contribution in [0.4, 0.5) is 11.5 Å². The third-order valence-corrected chi connectivity index (χ3v) is 3.18. The van der Waals surface area contributed by atoms with E-state index in [1.807, 2.05) is 6.92 Å². The maximum absolute atomic E-state index is 10.5. The Bertz CT molecular complexity index is 416. The molecule has 1 aromatic rings. The Hall–Kier alpha value is -1.69. The van der Waals surface area contributed by atoms with E-state index in [2.05, 4.69) is 10.3 Å². The normalized spacial score (nSPS) is 18.5. The number of pyridine rings is 1. The van der Waals surface area contributed by atoms with Crippen LogP contribution in [0.1, 0.15) is 19.8 Å². The van der Waals surface area contributed by atoms with E-state index in [0.29, 0.717) is 11.7 Å². The minimum absolute atomic E-state index is 0.0241. The summed E-state index contributed by atoms with van der Waals surface area (Å²) in [6.07, 6.45) is 3.40. The van der Waals surface area contributed by atoms with Crippen molar-refractivity contribution in [2.75, 3.05) is 11.9 Å². The number of nitro groups is 1. The smallest absolute Gasteiger partial charge is 0.287 e. The van der Waals surface area contributed by atoms with Gasteiger partial charge in [-0.25, -0.2) is 4.98 Å². The highest BCUT2D eigenvalue weighted by molar-refractivity contribution is 5.42. The Morgan fingerprint density at radius 1 is 1.65 bits per heavy atom. The van der Waals surface area contributed by atoms with Gasteiger partial charge in [0, 0.05) is 6.07 Å². The van der Waals surface area contributed by atoms with E-state index in [4.69, 9.17) is 0 Å². The van der Waals surface area contributed by atoms with Gasteiger partial charge in [-0.15, -0.1) is 0 Å². The van der Waals surface area contributed by atoms with Crippen LogP contribution in [0.15, 0.2) is 18.3 Å². The number of rotatable bonds is 5. The molecule has 1 atom stereocenters. The van der Waals surface area contributed by atoms with E-state index < -0.39 is 4.92 Å². The van der Waals surface area contributed by atoms with E-state index >= 15 is 0 Å². The number of hydrogen-bond donors (Lipinski definition) is 2. The lowest BCUT2D eigenvalue weighted by Gasteiger charge is -2.29. The maximum Gasteiger partial charge on any atom is 0.287 e. The number of anilines is 1. The van der Waals surface area contributed by atoms with E-state index in [1.54, 1.807) is 6.07 Å². The predicted molar refractivity (Wildman–Crippen MR) is 62.7 cm³/mol. The largest absolute Gasteiger partial charge is 0.394 e. The molecule has 0 bridgehead atoms. The van der Waals surface area contributed by atoms with Gasteiger partial charge < -0.3 is 10.4 Å². The average molecular weight is 237 g/mol. The first-order chi connectivity index (χ1) is 8.05. The number of aromatic nitrogens is 1. The second-order valence-corrected chi connectivity index (χ2v) is 4.63. The minimum Gasteiger partial charge on any atom is -0.394 e. The molecule has 0 spiro atoms. The lowest BCUT2D eigenvalue weighted by atomic mass is 9.97. The zero-order chi connectivity index (χ0) is 12.5. The molecule has 2 rings (SSSR count). The van der Waals surface area contributed by atoms with Gasteiger partial charge in [0.2, 0.25) is 0 Å². The molecule has 0 aromatic carbocycles. The third-order valence-electron chi connectivity index (χ3n) is 3.18. The molecule has 1 unspecified atom stereocenters. The number of aliphatic hydroxyl groups is 1. The summed E-state index contributed by atoms with van der Waals surface area (Å²) in [5, 5.41) is 23.0. The highest BCUT2D eigenvalue weighted by Gasteiger charge is 2.41. The molecule has 1 fully saturated rings. The zero-order valence-corrected chi connectivity index (χ0v) is 9.59. The minimum atomic E-state index is -0.483. The molecule has 2 N–H and O–H groups in total. The zero-order valence-electron chi connectivity index (χ0n) is 9.59. The molecule has 1 aliphatic carbocycles. The highest BCUT2D eigenvalue weighted by Crippen LogP contribution is 2.40. The first-order valence-electron chi connectivity index (χ1n) is 5.54. The third kappa shape index (κ3) is 2.52. The van der Waals surface area contributed by atoms with Gasteiger partial charge in [-0.05, 0) is 31.7 Å². The first kappa shape index (κ1) is 11.8. The van der Waals surface area contributed by atoms with Crippen molar-refractivity contribution in [1.29, 1.82) is 0 Å². The van der Waals surface area contributed by atoms with Crippen LogP contribution in [-0.2, 0) is 0 Å². The van der Waals surface area contributed by atoms with Crippen molar-refractivity contribution in [3.05, 3.63) is 28.4 Å². The van der Waals surface area contributed by atoms with Crippen molar-refractivity contribution in [2.24, 2.45) is 5.92 Å². The Labute approximate surface area is 98.8 Å². The summed E-state index contributed by atoms with van der Waals surface area (Å²) in [5.74, 6) is 1.00. The maximum atomic E-state index is 10.5. The summed E-state index contributed by atoms with van der Waals surface area (Å²) < 4.78 is 0. The van der Waals surface area contributed by atoms with Crippen LogP contribution in [-0.4, -0.2) is 27.2 Å². The molecular weight excluding hydrogens is 222 g/mol. The van der Waals surface area contributed by atoms with Crippen molar-refractivity contribution in [3.8, 4) is 0 Å². The Morgan fingerprint density at radius 2 is 2.35 bits per heavy atom. The van der Waals surface area contributed by atoms with Crippen molar-refractivity contribution in [2.45, 2.75) is 25.3 Å². The van der Waals surface area contributed by atoms with Crippen molar-refractivity contribution >= 4 is 11.5 Å². The van der Waals surface area contributed by atoms with Crippen LogP contribution in [0.25, 0.3) is 0 Å². The van der Waals surface area contributed by atoms with Crippen molar-refractivity contribution < 1.29 is 10.0 Å². The van der Waals surface area contributed by atoms with Crippen LogP contribution in [0, 0.1) is 16.0 Å². The molecule has 92 valence electrons. The van der Waals surface area contributed by atoms with Gasteiger partial charge in [0.25, 0.3) is 5.69 Å². The topological polar surface area (TPSA) is 88.3 Å². The van der Waals surface area contributed by atoms with Crippen molar-refractivity contribution in [1.82, 2.24) is 4.98 Å². The molecule has 6 nitrogen and oxygen atoms in total. The Balaban J connectivity index is 2.10. The molecule has 0 saturated heterocycles. The molecule has 1 heterocycles. The molecule has 0 amide bonds. The molecule has 1 aliphatic rings. The number of hydrogen-bond acceptors (Lipinski definition) is 5. The first-order valence-corrected chi connectivity index (χ1v) is 5.54. The fourth-order valence-corrected chi connectivity index (χ4v) is 1.85. The van der Waals surface area contributed by atoms with E-state index in [1.165, 1.54) is 12.3 Å². The average Bonchev–Trinajstić information content (AvgIpc) is 3.13. The highest BCUT2D eigenvalue weighted by atomic mass is 16.6.